The van der Waals surface area contributed by atoms with Gasteiger partial charge in [-0.15, -0.1) is 0 Å². The molecule has 0 amide bonds. The summed E-state index contributed by atoms with van der Waals surface area (Å²) in [7, 11) is 0. The molecule has 1 unspecified atom stereocenters. The van der Waals surface area contributed by atoms with E-state index in [1.165, 1.54) is 5.56 Å². The Kier molecular flexibility index (Phi) is 5.07. The summed E-state index contributed by atoms with van der Waals surface area (Å²) in [6.07, 6.45) is 6.64. The van der Waals surface area contributed by atoms with Crippen molar-refractivity contribution in [3.63, 3.8) is 0 Å². The molecule has 0 saturated heterocycles. The molecular weight excluding hydrogens is 258 g/mol. The van der Waals surface area contributed by atoms with Crippen molar-refractivity contribution >= 4 is 0 Å². The van der Waals surface area contributed by atoms with Gasteiger partial charge in [-0.3, -0.25) is 0 Å². The summed E-state index contributed by atoms with van der Waals surface area (Å²) in [4.78, 5) is 9.31. The zero-order chi connectivity index (χ0) is 15.3. The van der Waals surface area contributed by atoms with Gasteiger partial charge in [0.2, 0.25) is 0 Å². The molecule has 0 aliphatic rings. The summed E-state index contributed by atoms with van der Waals surface area (Å²) in [6, 6.07) is 10.7. The van der Waals surface area contributed by atoms with E-state index in [0.717, 1.165) is 30.7 Å². The SMILES string of the molecule is CCC(CC)(c1ccccc1)c1ncc(CC(C)N)cn1. The van der Waals surface area contributed by atoms with Crippen molar-refractivity contribution in [2.75, 3.05) is 0 Å². The highest BCUT2D eigenvalue weighted by molar-refractivity contribution is 5.32. The summed E-state index contributed by atoms with van der Waals surface area (Å²) in [5.41, 5.74) is 8.12. The Morgan fingerprint density at radius 3 is 2.10 bits per heavy atom. The Bertz CT molecular complexity index is 542. The summed E-state index contributed by atoms with van der Waals surface area (Å²) in [6.45, 7) is 6.41. The molecule has 21 heavy (non-hydrogen) atoms. The molecule has 3 heteroatoms. The molecule has 0 aliphatic carbocycles. The van der Waals surface area contributed by atoms with Gasteiger partial charge in [0, 0.05) is 18.4 Å². The van der Waals surface area contributed by atoms with Gasteiger partial charge in [-0.05, 0) is 37.3 Å². The van der Waals surface area contributed by atoms with Gasteiger partial charge in [-0.25, -0.2) is 9.97 Å². The molecule has 0 radical (unpaired) electrons. The first-order valence-electron chi connectivity index (χ1n) is 7.75. The molecule has 2 aromatic rings. The minimum atomic E-state index is -0.103. The molecule has 0 aliphatic heterocycles. The van der Waals surface area contributed by atoms with Gasteiger partial charge >= 0.3 is 0 Å². The highest BCUT2D eigenvalue weighted by Gasteiger charge is 2.33. The summed E-state index contributed by atoms with van der Waals surface area (Å²) in [5.74, 6) is 0.909. The van der Waals surface area contributed by atoms with Crippen molar-refractivity contribution in [2.24, 2.45) is 5.73 Å². The van der Waals surface area contributed by atoms with Gasteiger partial charge in [0.05, 0.1) is 5.41 Å². The number of hydrogen-bond donors (Lipinski definition) is 1. The van der Waals surface area contributed by atoms with Crippen molar-refractivity contribution in [3.05, 3.63) is 59.7 Å². The third kappa shape index (κ3) is 3.30. The Hall–Kier alpha value is -1.74. The van der Waals surface area contributed by atoms with Crippen LogP contribution in [0.15, 0.2) is 42.7 Å². The summed E-state index contributed by atoms with van der Waals surface area (Å²) in [5, 5.41) is 0. The molecule has 1 atom stereocenters. The van der Waals surface area contributed by atoms with Gasteiger partial charge in [-0.2, -0.15) is 0 Å². The topological polar surface area (TPSA) is 51.8 Å². The molecule has 0 fully saturated rings. The summed E-state index contributed by atoms with van der Waals surface area (Å²) >= 11 is 0. The lowest BCUT2D eigenvalue weighted by Gasteiger charge is -2.30. The Labute approximate surface area is 127 Å². The minimum absolute atomic E-state index is 0.103. The molecular formula is C18H25N3. The first kappa shape index (κ1) is 15.6. The van der Waals surface area contributed by atoms with E-state index in [9.17, 15) is 0 Å². The fourth-order valence-electron chi connectivity index (χ4n) is 2.94. The second kappa shape index (κ2) is 6.81. The van der Waals surface area contributed by atoms with Crippen LogP contribution in [0.5, 0.6) is 0 Å². The first-order valence-corrected chi connectivity index (χ1v) is 7.75. The Morgan fingerprint density at radius 2 is 1.62 bits per heavy atom. The number of aromatic nitrogens is 2. The van der Waals surface area contributed by atoms with E-state index < -0.39 is 0 Å². The average molecular weight is 283 g/mol. The normalized spacial score (nSPS) is 13.1. The molecule has 2 N–H and O–H groups in total. The van der Waals surface area contributed by atoms with E-state index in [0.29, 0.717) is 0 Å². The third-order valence-corrected chi connectivity index (χ3v) is 4.22. The van der Waals surface area contributed by atoms with Crippen molar-refractivity contribution in [1.82, 2.24) is 9.97 Å². The Morgan fingerprint density at radius 1 is 1.05 bits per heavy atom. The smallest absolute Gasteiger partial charge is 0.138 e. The maximum Gasteiger partial charge on any atom is 0.138 e. The molecule has 0 bridgehead atoms. The van der Waals surface area contributed by atoms with Gasteiger partial charge in [-0.1, -0.05) is 44.2 Å². The third-order valence-electron chi connectivity index (χ3n) is 4.22. The second-order valence-electron chi connectivity index (χ2n) is 5.75. The number of nitrogens with two attached hydrogens (primary N) is 1. The molecule has 3 nitrogen and oxygen atoms in total. The molecule has 112 valence electrons. The van der Waals surface area contributed by atoms with Crippen molar-refractivity contribution in [3.8, 4) is 0 Å². The zero-order valence-electron chi connectivity index (χ0n) is 13.2. The fourth-order valence-corrected chi connectivity index (χ4v) is 2.94. The fraction of sp³-hybridized carbons (Fsp3) is 0.444. The van der Waals surface area contributed by atoms with Crippen LogP contribution in [-0.4, -0.2) is 16.0 Å². The highest BCUT2D eigenvalue weighted by atomic mass is 14.9. The van der Waals surface area contributed by atoms with Crippen LogP contribution in [0.3, 0.4) is 0 Å². The van der Waals surface area contributed by atoms with Crippen LogP contribution in [-0.2, 0) is 11.8 Å². The van der Waals surface area contributed by atoms with Crippen LogP contribution < -0.4 is 5.73 Å². The van der Waals surface area contributed by atoms with Gasteiger partial charge in [0.25, 0.3) is 0 Å². The van der Waals surface area contributed by atoms with Crippen LogP contribution in [0, 0.1) is 0 Å². The number of rotatable bonds is 6. The second-order valence-corrected chi connectivity index (χ2v) is 5.75. The van der Waals surface area contributed by atoms with E-state index in [4.69, 9.17) is 5.73 Å². The van der Waals surface area contributed by atoms with E-state index in [-0.39, 0.29) is 11.5 Å². The molecule has 2 rings (SSSR count). The summed E-state index contributed by atoms with van der Waals surface area (Å²) < 4.78 is 0. The number of nitrogens with zero attached hydrogens (tertiary/aromatic N) is 2. The maximum atomic E-state index is 5.84. The van der Waals surface area contributed by atoms with E-state index >= 15 is 0 Å². The Balaban J connectivity index is 2.39. The monoisotopic (exact) mass is 283 g/mol. The lowest BCUT2D eigenvalue weighted by atomic mass is 9.75. The van der Waals surface area contributed by atoms with E-state index in [1.54, 1.807) is 0 Å². The molecule has 1 aromatic carbocycles. The van der Waals surface area contributed by atoms with Crippen LogP contribution >= 0.6 is 0 Å². The lowest BCUT2D eigenvalue weighted by molar-refractivity contribution is 0.448. The minimum Gasteiger partial charge on any atom is -0.328 e. The van der Waals surface area contributed by atoms with Crippen molar-refractivity contribution in [1.29, 1.82) is 0 Å². The zero-order valence-corrected chi connectivity index (χ0v) is 13.2. The first-order chi connectivity index (χ1) is 10.1. The molecule has 0 spiro atoms. The van der Waals surface area contributed by atoms with E-state index in [2.05, 4.69) is 48.1 Å². The number of hydrogen-bond acceptors (Lipinski definition) is 3. The van der Waals surface area contributed by atoms with Crippen molar-refractivity contribution in [2.45, 2.75) is 51.5 Å². The van der Waals surface area contributed by atoms with Crippen LogP contribution in [0.4, 0.5) is 0 Å². The highest BCUT2D eigenvalue weighted by Crippen LogP contribution is 2.36. The maximum absolute atomic E-state index is 5.84. The quantitative estimate of drug-likeness (QED) is 0.883. The lowest BCUT2D eigenvalue weighted by Crippen LogP contribution is -2.29. The van der Waals surface area contributed by atoms with Gasteiger partial charge in [0.1, 0.15) is 5.82 Å². The molecule has 1 aromatic heterocycles. The predicted molar refractivity (Wildman–Crippen MR) is 87.2 cm³/mol. The van der Waals surface area contributed by atoms with E-state index in [1.807, 2.05) is 25.4 Å². The molecule has 1 heterocycles. The van der Waals surface area contributed by atoms with Crippen LogP contribution in [0.25, 0.3) is 0 Å². The molecule has 0 saturated carbocycles. The standard InChI is InChI=1S/C18H25N3/c1-4-18(5-2,16-9-7-6-8-10-16)17-20-12-15(13-21-17)11-14(3)19/h6-10,12-14H,4-5,11,19H2,1-3H3. The predicted octanol–water partition coefficient (Wildman–Crippen LogP) is 3.47. The number of benzene rings is 1. The largest absolute Gasteiger partial charge is 0.328 e. The van der Waals surface area contributed by atoms with Crippen molar-refractivity contribution < 1.29 is 0 Å². The average Bonchev–Trinajstić information content (AvgIpc) is 2.51. The van der Waals surface area contributed by atoms with Crippen LogP contribution in [0.1, 0.15) is 50.6 Å². The van der Waals surface area contributed by atoms with Gasteiger partial charge < -0.3 is 5.73 Å². The van der Waals surface area contributed by atoms with Crippen LogP contribution in [0.2, 0.25) is 0 Å². The van der Waals surface area contributed by atoms with Gasteiger partial charge in [0.15, 0.2) is 0 Å².